The average molecular weight is 146 g/mol. The molecule has 0 radical (unpaired) electrons. The van der Waals surface area contributed by atoms with Crippen LogP contribution in [0, 0.1) is 0 Å². The first-order valence-electron chi connectivity index (χ1n) is 3.13. The fraction of sp³-hybridized carbons (Fsp3) is 0.571. The van der Waals surface area contributed by atoms with Gasteiger partial charge in [0.25, 0.3) is 0 Å². The van der Waals surface area contributed by atoms with Gasteiger partial charge in [0.2, 0.25) is 0 Å². The van der Waals surface area contributed by atoms with Crippen LogP contribution in [0.25, 0.3) is 0 Å². The van der Waals surface area contributed by atoms with Crippen molar-refractivity contribution in [2.24, 2.45) is 0 Å². The normalized spacial score (nSPS) is 9.00. The van der Waals surface area contributed by atoms with Gasteiger partial charge >= 0.3 is 5.97 Å². The summed E-state index contributed by atoms with van der Waals surface area (Å²) in [6.07, 6.45) is 0.547. The van der Waals surface area contributed by atoms with Gasteiger partial charge in [-0.15, -0.1) is 0 Å². The third-order valence-corrected chi connectivity index (χ3v) is 1.03. The van der Waals surface area contributed by atoms with Crippen molar-refractivity contribution in [3.8, 4) is 0 Å². The number of esters is 1. The quantitative estimate of drug-likeness (QED) is 0.443. The molecule has 0 aromatic carbocycles. The van der Waals surface area contributed by atoms with E-state index in [4.69, 9.17) is 0 Å². The number of rotatable bonds is 4. The number of halogens is 1. The van der Waals surface area contributed by atoms with E-state index < -0.39 is 12.6 Å². The Morgan fingerprint density at radius 2 is 2.30 bits per heavy atom. The highest BCUT2D eigenvalue weighted by atomic mass is 19.1. The maximum absolute atomic E-state index is 11.4. The molecule has 0 saturated heterocycles. The van der Waals surface area contributed by atoms with Crippen LogP contribution in [0.2, 0.25) is 0 Å². The molecule has 0 aromatic heterocycles. The molecule has 0 atom stereocenters. The second kappa shape index (κ2) is 4.97. The lowest BCUT2D eigenvalue weighted by Crippen LogP contribution is -2.08. The molecule has 0 amide bonds. The van der Waals surface area contributed by atoms with Gasteiger partial charge in [-0.2, -0.15) is 0 Å². The average Bonchev–Trinajstić information content (AvgIpc) is 1.98. The van der Waals surface area contributed by atoms with Crippen LogP contribution in [0.3, 0.4) is 0 Å². The van der Waals surface area contributed by atoms with Gasteiger partial charge in [-0.25, -0.2) is 9.18 Å². The van der Waals surface area contributed by atoms with Gasteiger partial charge in [0.15, 0.2) is 0 Å². The molecule has 0 saturated carbocycles. The molecular formula is C7H11FO2. The lowest BCUT2D eigenvalue weighted by Gasteiger charge is -2.01. The van der Waals surface area contributed by atoms with Crippen LogP contribution in [-0.2, 0) is 9.53 Å². The van der Waals surface area contributed by atoms with Gasteiger partial charge in [0.1, 0.15) is 13.3 Å². The molecule has 0 N–H and O–H groups in total. The summed E-state index contributed by atoms with van der Waals surface area (Å²) in [7, 11) is 0. The zero-order chi connectivity index (χ0) is 7.98. The third kappa shape index (κ3) is 3.22. The summed E-state index contributed by atoms with van der Waals surface area (Å²) < 4.78 is 15.8. The summed E-state index contributed by atoms with van der Waals surface area (Å²) in [5, 5.41) is 0. The van der Waals surface area contributed by atoms with Gasteiger partial charge in [-0.3, -0.25) is 0 Å². The Morgan fingerprint density at radius 3 is 2.70 bits per heavy atom. The number of alkyl halides is 1. The maximum atomic E-state index is 11.4. The lowest BCUT2D eigenvalue weighted by molar-refractivity contribution is -0.139. The molecule has 0 aliphatic carbocycles. The topological polar surface area (TPSA) is 26.3 Å². The van der Waals surface area contributed by atoms with E-state index in [2.05, 4.69) is 11.3 Å². The third-order valence-electron chi connectivity index (χ3n) is 1.03. The van der Waals surface area contributed by atoms with E-state index in [0.29, 0.717) is 12.0 Å². The predicted octanol–water partition coefficient (Wildman–Crippen LogP) is 1.47. The van der Waals surface area contributed by atoms with Crippen molar-refractivity contribution < 1.29 is 13.9 Å². The number of carbonyl (C=O) groups excluding carboxylic acids is 1. The second-order valence-corrected chi connectivity index (χ2v) is 1.78. The highest BCUT2D eigenvalue weighted by molar-refractivity contribution is 5.87. The molecule has 0 rings (SSSR count). The number of ether oxygens (including phenoxy) is 1. The van der Waals surface area contributed by atoms with Crippen molar-refractivity contribution in [3.63, 3.8) is 0 Å². The Balaban J connectivity index is 3.52. The summed E-state index contributed by atoms with van der Waals surface area (Å²) in [5.41, 5.74) is 0.383. The fourth-order valence-electron chi connectivity index (χ4n) is 0.378. The summed E-state index contributed by atoms with van der Waals surface area (Å²) in [4.78, 5) is 10.6. The Bertz CT molecular complexity index is 132. The second-order valence-electron chi connectivity index (χ2n) is 1.78. The molecule has 0 heterocycles. The number of carbonyl (C=O) groups is 1. The first kappa shape index (κ1) is 9.14. The number of hydrogen-bond acceptors (Lipinski definition) is 2. The van der Waals surface area contributed by atoms with Crippen LogP contribution in [-0.4, -0.2) is 19.3 Å². The minimum atomic E-state index is -0.636. The molecule has 0 spiro atoms. The van der Waals surface area contributed by atoms with E-state index in [1.165, 1.54) is 0 Å². The molecule has 0 unspecified atom stereocenters. The lowest BCUT2D eigenvalue weighted by atomic mass is 10.2. The maximum Gasteiger partial charge on any atom is 0.333 e. The molecule has 2 nitrogen and oxygen atoms in total. The van der Waals surface area contributed by atoms with Crippen LogP contribution in [0.5, 0.6) is 0 Å². The molecule has 0 aliphatic heterocycles. The Hall–Kier alpha value is -0.860. The summed E-state index contributed by atoms with van der Waals surface area (Å²) in [6.45, 7) is 4.41. The fourth-order valence-corrected chi connectivity index (χ4v) is 0.378. The van der Waals surface area contributed by atoms with Crippen LogP contribution in [0.15, 0.2) is 12.2 Å². The summed E-state index contributed by atoms with van der Waals surface area (Å²) in [6, 6.07) is 0. The highest BCUT2D eigenvalue weighted by Gasteiger charge is 2.04. The zero-order valence-electron chi connectivity index (χ0n) is 6.02. The van der Waals surface area contributed by atoms with E-state index in [-0.39, 0.29) is 6.61 Å². The van der Waals surface area contributed by atoms with Gasteiger partial charge in [0, 0.05) is 5.57 Å². The van der Waals surface area contributed by atoms with Crippen LogP contribution >= 0.6 is 0 Å². The Kier molecular flexibility index (Phi) is 4.54. The van der Waals surface area contributed by atoms with E-state index in [1.807, 2.05) is 0 Å². The van der Waals surface area contributed by atoms with Crippen molar-refractivity contribution >= 4 is 5.97 Å². The Labute approximate surface area is 59.7 Å². The van der Waals surface area contributed by atoms with Gasteiger partial charge in [0.05, 0.1) is 0 Å². The standard InChI is InChI=1S/C7H11FO2/c1-3-6(2)7(9)10-5-4-8/h2-5H2,1H3. The molecule has 0 aromatic rings. The molecule has 0 aliphatic rings. The van der Waals surface area contributed by atoms with E-state index in [1.54, 1.807) is 6.92 Å². The van der Waals surface area contributed by atoms with Crippen molar-refractivity contribution in [3.05, 3.63) is 12.2 Å². The molecular weight excluding hydrogens is 135 g/mol. The molecule has 0 fully saturated rings. The van der Waals surface area contributed by atoms with E-state index in [0.717, 1.165) is 0 Å². The monoisotopic (exact) mass is 146 g/mol. The highest BCUT2D eigenvalue weighted by Crippen LogP contribution is 1.98. The van der Waals surface area contributed by atoms with Crippen LogP contribution < -0.4 is 0 Å². The van der Waals surface area contributed by atoms with Crippen LogP contribution in [0.1, 0.15) is 13.3 Å². The Morgan fingerprint density at radius 1 is 1.70 bits per heavy atom. The largest absolute Gasteiger partial charge is 0.460 e. The predicted molar refractivity (Wildman–Crippen MR) is 36.4 cm³/mol. The molecule has 10 heavy (non-hydrogen) atoms. The number of hydrogen-bond donors (Lipinski definition) is 0. The first-order chi connectivity index (χ1) is 4.72. The molecule has 3 heteroatoms. The summed E-state index contributed by atoms with van der Waals surface area (Å²) >= 11 is 0. The SMILES string of the molecule is C=C(CC)C(=O)OCCF. The van der Waals surface area contributed by atoms with Gasteiger partial charge in [-0.05, 0) is 6.42 Å². The van der Waals surface area contributed by atoms with E-state index >= 15 is 0 Å². The minimum absolute atomic E-state index is 0.169. The van der Waals surface area contributed by atoms with Crippen LogP contribution in [0.4, 0.5) is 4.39 Å². The summed E-state index contributed by atoms with van der Waals surface area (Å²) in [5.74, 6) is -0.500. The van der Waals surface area contributed by atoms with Crippen molar-refractivity contribution in [2.75, 3.05) is 13.3 Å². The molecule has 0 bridgehead atoms. The first-order valence-corrected chi connectivity index (χ1v) is 3.13. The van der Waals surface area contributed by atoms with Crippen molar-refractivity contribution in [1.82, 2.24) is 0 Å². The minimum Gasteiger partial charge on any atom is -0.460 e. The smallest absolute Gasteiger partial charge is 0.333 e. The van der Waals surface area contributed by atoms with Gasteiger partial charge < -0.3 is 4.74 Å². The molecule has 58 valence electrons. The van der Waals surface area contributed by atoms with Crippen molar-refractivity contribution in [2.45, 2.75) is 13.3 Å². The van der Waals surface area contributed by atoms with Crippen molar-refractivity contribution in [1.29, 1.82) is 0 Å². The van der Waals surface area contributed by atoms with Gasteiger partial charge in [-0.1, -0.05) is 13.5 Å². The zero-order valence-corrected chi connectivity index (χ0v) is 6.02. The van der Waals surface area contributed by atoms with E-state index in [9.17, 15) is 9.18 Å².